The van der Waals surface area contributed by atoms with Gasteiger partial charge in [-0.3, -0.25) is 4.68 Å². The van der Waals surface area contributed by atoms with E-state index in [0.29, 0.717) is 13.0 Å². The summed E-state index contributed by atoms with van der Waals surface area (Å²) in [6, 6.07) is 1.46. The normalized spacial score (nSPS) is 11.2. The zero-order valence-electron chi connectivity index (χ0n) is 11.7. The van der Waals surface area contributed by atoms with Gasteiger partial charge in [-0.15, -0.1) is 0 Å². The first-order valence-electron chi connectivity index (χ1n) is 5.98. The molecule has 1 aromatic heterocycles. The Morgan fingerprint density at radius 1 is 1.53 bits per heavy atom. The van der Waals surface area contributed by atoms with Gasteiger partial charge < -0.3 is 15.3 Å². The zero-order valence-corrected chi connectivity index (χ0v) is 11.7. The Morgan fingerprint density at radius 3 is 2.63 bits per heavy atom. The molecular weight excluding hydrogens is 248 g/mol. The van der Waals surface area contributed by atoms with E-state index in [1.165, 1.54) is 25.8 Å². The summed E-state index contributed by atoms with van der Waals surface area (Å²) >= 11 is 0. The molecule has 0 spiro atoms. The van der Waals surface area contributed by atoms with E-state index in [1.54, 1.807) is 10.9 Å². The number of carboxylic acids is 1. The molecule has 0 aliphatic heterocycles. The van der Waals surface area contributed by atoms with E-state index in [0.717, 1.165) is 5.69 Å². The fraction of sp³-hybridized carbons (Fsp3) is 0.583. The molecule has 0 saturated heterocycles. The third kappa shape index (κ3) is 3.46. The molecule has 7 nitrogen and oxygen atoms in total. The SMILES string of the molecule is CN(C(=O)NCCc1ccnn1C)C(C)(C)C(=O)O. The van der Waals surface area contributed by atoms with Crippen LogP contribution < -0.4 is 5.32 Å². The van der Waals surface area contributed by atoms with Crippen molar-refractivity contribution >= 4 is 12.0 Å². The lowest BCUT2D eigenvalue weighted by Crippen LogP contribution is -2.54. The minimum Gasteiger partial charge on any atom is -0.480 e. The van der Waals surface area contributed by atoms with Gasteiger partial charge in [-0.1, -0.05) is 0 Å². The first kappa shape index (κ1) is 15.0. The summed E-state index contributed by atoms with van der Waals surface area (Å²) in [5, 5.41) is 15.8. The van der Waals surface area contributed by atoms with E-state index in [2.05, 4.69) is 10.4 Å². The quantitative estimate of drug-likeness (QED) is 0.812. The summed E-state index contributed by atoms with van der Waals surface area (Å²) in [6.45, 7) is 3.39. The molecule has 1 rings (SSSR count). The van der Waals surface area contributed by atoms with Gasteiger partial charge >= 0.3 is 12.0 Å². The summed E-state index contributed by atoms with van der Waals surface area (Å²) in [4.78, 5) is 24.1. The third-order valence-corrected chi connectivity index (χ3v) is 3.25. The molecule has 1 aromatic rings. The van der Waals surface area contributed by atoms with Crippen molar-refractivity contribution in [3.8, 4) is 0 Å². The highest BCUT2D eigenvalue weighted by Crippen LogP contribution is 2.12. The average Bonchev–Trinajstić information content (AvgIpc) is 2.73. The fourth-order valence-corrected chi connectivity index (χ4v) is 1.46. The van der Waals surface area contributed by atoms with Gasteiger partial charge in [0.1, 0.15) is 5.54 Å². The number of aromatic nitrogens is 2. The molecule has 0 radical (unpaired) electrons. The molecule has 0 aliphatic rings. The highest BCUT2D eigenvalue weighted by Gasteiger charge is 2.35. The van der Waals surface area contributed by atoms with Crippen molar-refractivity contribution in [3.63, 3.8) is 0 Å². The molecule has 19 heavy (non-hydrogen) atoms. The van der Waals surface area contributed by atoms with Crippen LogP contribution >= 0.6 is 0 Å². The number of carboxylic acid groups (broad SMARTS) is 1. The van der Waals surface area contributed by atoms with Crippen LogP contribution in [0.4, 0.5) is 4.79 Å². The summed E-state index contributed by atoms with van der Waals surface area (Å²) in [7, 11) is 3.30. The Balaban J connectivity index is 2.48. The Labute approximate surface area is 112 Å². The van der Waals surface area contributed by atoms with Crippen molar-refractivity contribution in [1.82, 2.24) is 20.0 Å². The van der Waals surface area contributed by atoms with Gasteiger partial charge in [-0.05, 0) is 19.9 Å². The maximum absolute atomic E-state index is 11.8. The maximum Gasteiger partial charge on any atom is 0.329 e. The first-order chi connectivity index (χ1) is 8.76. The summed E-state index contributed by atoms with van der Waals surface area (Å²) in [5.41, 5.74) is -0.239. The molecule has 0 unspecified atom stereocenters. The van der Waals surface area contributed by atoms with Crippen LogP contribution in [0.3, 0.4) is 0 Å². The number of hydrogen-bond acceptors (Lipinski definition) is 3. The number of likely N-dealkylation sites (N-methyl/N-ethyl adjacent to an activating group) is 1. The smallest absolute Gasteiger partial charge is 0.329 e. The Kier molecular flexibility index (Phi) is 4.52. The molecule has 0 fully saturated rings. The predicted molar refractivity (Wildman–Crippen MR) is 69.8 cm³/mol. The van der Waals surface area contributed by atoms with E-state index in [9.17, 15) is 9.59 Å². The van der Waals surface area contributed by atoms with Crippen LogP contribution in [0.25, 0.3) is 0 Å². The molecule has 7 heteroatoms. The number of aryl methyl sites for hydroxylation is 1. The maximum atomic E-state index is 11.8. The Bertz CT molecular complexity index is 467. The number of carbonyl (C=O) groups is 2. The van der Waals surface area contributed by atoms with Crippen molar-refractivity contribution in [3.05, 3.63) is 18.0 Å². The summed E-state index contributed by atoms with van der Waals surface area (Å²) in [5.74, 6) is -1.04. The fourth-order valence-electron chi connectivity index (χ4n) is 1.46. The Morgan fingerprint density at radius 2 is 2.16 bits per heavy atom. The van der Waals surface area contributed by atoms with Crippen LogP contribution in [0.5, 0.6) is 0 Å². The van der Waals surface area contributed by atoms with Crippen LogP contribution in [0.15, 0.2) is 12.3 Å². The van der Waals surface area contributed by atoms with E-state index >= 15 is 0 Å². The van der Waals surface area contributed by atoms with Gasteiger partial charge in [0.05, 0.1) is 0 Å². The van der Waals surface area contributed by atoms with Gasteiger partial charge in [0.25, 0.3) is 0 Å². The number of rotatable bonds is 5. The molecule has 2 N–H and O–H groups in total. The van der Waals surface area contributed by atoms with E-state index in [1.807, 2.05) is 13.1 Å². The van der Waals surface area contributed by atoms with E-state index in [-0.39, 0.29) is 0 Å². The number of amides is 2. The molecule has 0 aliphatic carbocycles. The number of nitrogens with zero attached hydrogens (tertiary/aromatic N) is 3. The number of aliphatic carboxylic acids is 1. The lowest BCUT2D eigenvalue weighted by molar-refractivity contribution is -0.146. The molecule has 1 heterocycles. The van der Waals surface area contributed by atoms with Crippen LogP contribution in [0.1, 0.15) is 19.5 Å². The van der Waals surface area contributed by atoms with Crippen LogP contribution in [-0.4, -0.2) is 50.9 Å². The van der Waals surface area contributed by atoms with Crippen molar-refractivity contribution in [1.29, 1.82) is 0 Å². The summed E-state index contributed by atoms with van der Waals surface area (Å²) < 4.78 is 1.73. The second-order valence-corrected chi connectivity index (χ2v) is 4.85. The monoisotopic (exact) mass is 268 g/mol. The van der Waals surface area contributed by atoms with Crippen molar-refractivity contribution in [2.45, 2.75) is 25.8 Å². The number of hydrogen-bond donors (Lipinski definition) is 2. The van der Waals surface area contributed by atoms with Gasteiger partial charge in [-0.2, -0.15) is 5.10 Å². The Hall–Kier alpha value is -2.05. The number of nitrogens with one attached hydrogen (secondary N) is 1. The van der Waals surface area contributed by atoms with Crippen molar-refractivity contribution in [2.24, 2.45) is 7.05 Å². The number of urea groups is 1. The molecule has 0 atom stereocenters. The lowest BCUT2D eigenvalue weighted by atomic mass is 10.1. The largest absolute Gasteiger partial charge is 0.480 e. The molecule has 0 saturated carbocycles. The lowest BCUT2D eigenvalue weighted by Gasteiger charge is -2.31. The van der Waals surface area contributed by atoms with Crippen LogP contribution in [0.2, 0.25) is 0 Å². The third-order valence-electron chi connectivity index (χ3n) is 3.25. The standard InChI is InChI=1S/C12H20N4O3/c1-12(2,10(17)18)15(3)11(19)13-7-5-9-6-8-14-16(9)4/h6,8H,5,7H2,1-4H3,(H,13,19)(H,17,18). The molecule has 0 aromatic carbocycles. The second kappa shape index (κ2) is 5.73. The highest BCUT2D eigenvalue weighted by molar-refractivity contribution is 5.85. The molecular formula is C12H20N4O3. The average molecular weight is 268 g/mol. The zero-order chi connectivity index (χ0) is 14.6. The topological polar surface area (TPSA) is 87.5 Å². The van der Waals surface area contributed by atoms with Gasteiger partial charge in [-0.25, -0.2) is 9.59 Å². The van der Waals surface area contributed by atoms with Crippen LogP contribution in [-0.2, 0) is 18.3 Å². The van der Waals surface area contributed by atoms with Crippen molar-refractivity contribution in [2.75, 3.05) is 13.6 Å². The molecule has 106 valence electrons. The van der Waals surface area contributed by atoms with E-state index < -0.39 is 17.5 Å². The predicted octanol–water partition coefficient (Wildman–Crippen LogP) is 0.467. The second-order valence-electron chi connectivity index (χ2n) is 4.85. The molecule has 2 amide bonds. The van der Waals surface area contributed by atoms with Gasteiger partial charge in [0.15, 0.2) is 0 Å². The number of carbonyl (C=O) groups excluding carboxylic acids is 1. The van der Waals surface area contributed by atoms with Gasteiger partial charge in [0, 0.05) is 39.0 Å². The minimum absolute atomic E-state index is 0.408. The van der Waals surface area contributed by atoms with Crippen molar-refractivity contribution < 1.29 is 14.7 Å². The highest BCUT2D eigenvalue weighted by atomic mass is 16.4. The van der Waals surface area contributed by atoms with Crippen LogP contribution in [0, 0.1) is 0 Å². The van der Waals surface area contributed by atoms with Gasteiger partial charge in [0.2, 0.25) is 0 Å². The van der Waals surface area contributed by atoms with E-state index in [4.69, 9.17) is 5.11 Å². The first-order valence-corrected chi connectivity index (χ1v) is 5.98. The summed E-state index contributed by atoms with van der Waals surface area (Å²) in [6.07, 6.45) is 2.33. The minimum atomic E-state index is -1.24. The molecule has 0 bridgehead atoms.